The van der Waals surface area contributed by atoms with Crippen LogP contribution in [-0.2, 0) is 10.5 Å². The fourth-order valence-corrected chi connectivity index (χ4v) is 2.23. The van der Waals surface area contributed by atoms with Crippen LogP contribution in [0.25, 0.3) is 0 Å². The zero-order chi connectivity index (χ0) is 13.3. The molecule has 1 N–H and O–H groups in total. The lowest BCUT2D eigenvalue weighted by Crippen LogP contribution is -2.07. The second kappa shape index (κ2) is 7.44. The molecule has 0 aliphatic rings. The predicted molar refractivity (Wildman–Crippen MR) is 81.9 cm³/mol. The van der Waals surface area contributed by atoms with Crippen molar-refractivity contribution in [2.45, 2.75) is 5.75 Å². The highest BCUT2D eigenvalue weighted by molar-refractivity contribution is 8.01. The van der Waals surface area contributed by atoms with Crippen molar-refractivity contribution < 1.29 is 4.79 Å². The van der Waals surface area contributed by atoms with Crippen LogP contribution in [-0.4, -0.2) is 5.91 Å². The average molecular weight is 269 g/mol. The lowest BCUT2D eigenvalue weighted by molar-refractivity contribution is -0.111. The Labute approximate surface area is 117 Å². The standard InChI is InChI=1S/C16H15NOS/c18-16(17-15-9-5-2-6-10-15)11-12-19-13-14-7-3-1-4-8-14/h1-12H,13H2,(H,17,18)/b12-11-. The molecule has 0 saturated heterocycles. The van der Waals surface area contributed by atoms with Gasteiger partial charge in [0.1, 0.15) is 0 Å². The second-order valence-corrected chi connectivity index (χ2v) is 4.85. The van der Waals surface area contributed by atoms with Crippen LogP contribution >= 0.6 is 11.8 Å². The first-order chi connectivity index (χ1) is 9.34. The Kier molecular flexibility index (Phi) is 5.26. The third-order valence-corrected chi connectivity index (χ3v) is 3.28. The van der Waals surface area contributed by atoms with E-state index in [0.717, 1.165) is 11.4 Å². The predicted octanol–water partition coefficient (Wildman–Crippen LogP) is 4.07. The quantitative estimate of drug-likeness (QED) is 0.829. The molecule has 0 unspecified atom stereocenters. The molecule has 0 aromatic heterocycles. The first-order valence-corrected chi connectivity index (χ1v) is 7.07. The van der Waals surface area contributed by atoms with Gasteiger partial charge in [0.2, 0.25) is 5.91 Å². The van der Waals surface area contributed by atoms with Crippen molar-refractivity contribution in [1.29, 1.82) is 0 Å². The van der Waals surface area contributed by atoms with E-state index in [9.17, 15) is 4.79 Å². The van der Waals surface area contributed by atoms with Gasteiger partial charge < -0.3 is 5.32 Å². The Morgan fingerprint density at radius 3 is 2.32 bits per heavy atom. The van der Waals surface area contributed by atoms with Gasteiger partial charge in [0.05, 0.1) is 0 Å². The number of amides is 1. The molecule has 0 saturated carbocycles. The van der Waals surface area contributed by atoms with Crippen molar-refractivity contribution in [2.24, 2.45) is 0 Å². The molecule has 0 aliphatic carbocycles. The van der Waals surface area contributed by atoms with Gasteiger partial charge in [-0.05, 0) is 23.1 Å². The maximum absolute atomic E-state index is 11.6. The molecule has 96 valence electrons. The van der Waals surface area contributed by atoms with E-state index in [4.69, 9.17) is 0 Å². The van der Waals surface area contributed by atoms with Crippen molar-refractivity contribution in [3.05, 3.63) is 77.7 Å². The second-order valence-electron chi connectivity index (χ2n) is 3.95. The van der Waals surface area contributed by atoms with Crippen LogP contribution in [0.1, 0.15) is 5.56 Å². The molecule has 3 heteroatoms. The van der Waals surface area contributed by atoms with Gasteiger partial charge in [0, 0.05) is 17.5 Å². The number of benzene rings is 2. The number of rotatable bonds is 5. The molecule has 2 nitrogen and oxygen atoms in total. The Bertz CT molecular complexity index is 537. The van der Waals surface area contributed by atoms with E-state index in [0.29, 0.717) is 0 Å². The van der Waals surface area contributed by atoms with Gasteiger partial charge in [-0.1, -0.05) is 48.5 Å². The van der Waals surface area contributed by atoms with Gasteiger partial charge in [-0.2, -0.15) is 0 Å². The number of carbonyl (C=O) groups excluding carboxylic acids is 1. The summed E-state index contributed by atoms with van der Waals surface area (Å²) >= 11 is 1.60. The van der Waals surface area contributed by atoms with Gasteiger partial charge in [-0.15, -0.1) is 11.8 Å². The highest BCUT2D eigenvalue weighted by Crippen LogP contribution is 2.12. The lowest BCUT2D eigenvalue weighted by Gasteiger charge is -2.00. The average Bonchev–Trinajstić information content (AvgIpc) is 2.46. The molecule has 0 heterocycles. The maximum atomic E-state index is 11.6. The third kappa shape index (κ3) is 5.02. The summed E-state index contributed by atoms with van der Waals surface area (Å²) in [6, 6.07) is 19.6. The lowest BCUT2D eigenvalue weighted by atomic mass is 10.2. The molecule has 19 heavy (non-hydrogen) atoms. The molecule has 2 aromatic carbocycles. The summed E-state index contributed by atoms with van der Waals surface area (Å²) in [6.07, 6.45) is 1.56. The summed E-state index contributed by atoms with van der Waals surface area (Å²) in [7, 11) is 0. The molecule has 0 aliphatic heterocycles. The molecule has 2 rings (SSSR count). The van der Waals surface area contributed by atoms with Crippen molar-refractivity contribution in [2.75, 3.05) is 5.32 Å². The van der Waals surface area contributed by atoms with Gasteiger partial charge in [-0.25, -0.2) is 0 Å². The first kappa shape index (κ1) is 13.4. The minimum Gasteiger partial charge on any atom is -0.322 e. The van der Waals surface area contributed by atoms with E-state index in [1.165, 1.54) is 5.56 Å². The maximum Gasteiger partial charge on any atom is 0.248 e. The van der Waals surface area contributed by atoms with Crippen LogP contribution in [0.15, 0.2) is 72.1 Å². The summed E-state index contributed by atoms with van der Waals surface area (Å²) in [5.74, 6) is 0.766. The van der Waals surface area contributed by atoms with Gasteiger partial charge in [0.15, 0.2) is 0 Å². The van der Waals surface area contributed by atoms with E-state index >= 15 is 0 Å². The monoisotopic (exact) mass is 269 g/mol. The third-order valence-electron chi connectivity index (χ3n) is 2.45. The van der Waals surface area contributed by atoms with Crippen molar-refractivity contribution in [3.63, 3.8) is 0 Å². The van der Waals surface area contributed by atoms with Crippen molar-refractivity contribution in [1.82, 2.24) is 0 Å². The van der Waals surface area contributed by atoms with Crippen LogP contribution < -0.4 is 5.32 Å². The largest absolute Gasteiger partial charge is 0.322 e. The minimum absolute atomic E-state index is 0.105. The number of nitrogens with one attached hydrogen (secondary N) is 1. The number of para-hydroxylation sites is 1. The molecule has 0 fully saturated rings. The van der Waals surface area contributed by atoms with Crippen LogP contribution in [0, 0.1) is 0 Å². The Balaban J connectivity index is 1.75. The number of carbonyl (C=O) groups is 1. The highest BCUT2D eigenvalue weighted by atomic mass is 32.2. The number of hydrogen-bond acceptors (Lipinski definition) is 2. The zero-order valence-electron chi connectivity index (χ0n) is 10.5. The number of thioether (sulfide) groups is 1. The van der Waals surface area contributed by atoms with Gasteiger partial charge in [0.25, 0.3) is 0 Å². The Hall–Kier alpha value is -2.00. The van der Waals surface area contributed by atoms with Crippen LogP contribution in [0.2, 0.25) is 0 Å². The van der Waals surface area contributed by atoms with Crippen LogP contribution in [0.3, 0.4) is 0 Å². The van der Waals surface area contributed by atoms with E-state index in [1.807, 2.05) is 53.9 Å². The molecule has 0 radical (unpaired) electrons. The Morgan fingerprint density at radius 1 is 1.00 bits per heavy atom. The number of anilines is 1. The fraction of sp³-hybridized carbons (Fsp3) is 0.0625. The molecule has 1 amide bonds. The molecule has 0 bridgehead atoms. The normalized spacial score (nSPS) is 10.5. The molecular weight excluding hydrogens is 254 g/mol. The summed E-state index contributed by atoms with van der Waals surface area (Å²) in [6.45, 7) is 0. The summed E-state index contributed by atoms with van der Waals surface area (Å²) in [5.41, 5.74) is 2.06. The first-order valence-electron chi connectivity index (χ1n) is 6.03. The molecule has 0 spiro atoms. The molecule has 0 atom stereocenters. The summed E-state index contributed by atoms with van der Waals surface area (Å²) in [4.78, 5) is 11.6. The van der Waals surface area contributed by atoms with Gasteiger partial charge in [-0.3, -0.25) is 4.79 Å². The summed E-state index contributed by atoms with van der Waals surface area (Å²) < 4.78 is 0. The highest BCUT2D eigenvalue weighted by Gasteiger charge is 1.96. The minimum atomic E-state index is -0.105. The van der Waals surface area contributed by atoms with Crippen molar-refractivity contribution >= 4 is 23.4 Å². The van der Waals surface area contributed by atoms with Gasteiger partial charge >= 0.3 is 0 Å². The zero-order valence-corrected chi connectivity index (χ0v) is 11.3. The smallest absolute Gasteiger partial charge is 0.248 e. The van der Waals surface area contributed by atoms with E-state index in [1.54, 1.807) is 17.8 Å². The molecular formula is C16H15NOS. The van der Waals surface area contributed by atoms with E-state index in [-0.39, 0.29) is 5.91 Å². The SMILES string of the molecule is O=C(/C=C\SCc1ccccc1)Nc1ccccc1. The van der Waals surface area contributed by atoms with Crippen LogP contribution in [0.4, 0.5) is 5.69 Å². The van der Waals surface area contributed by atoms with E-state index in [2.05, 4.69) is 17.4 Å². The van der Waals surface area contributed by atoms with E-state index < -0.39 is 0 Å². The molecule has 2 aromatic rings. The summed E-state index contributed by atoms with van der Waals surface area (Å²) in [5, 5.41) is 4.63. The Morgan fingerprint density at radius 2 is 1.63 bits per heavy atom. The number of hydrogen-bond donors (Lipinski definition) is 1. The topological polar surface area (TPSA) is 29.1 Å². The fourth-order valence-electron chi connectivity index (χ4n) is 1.53. The van der Waals surface area contributed by atoms with Crippen molar-refractivity contribution in [3.8, 4) is 0 Å². The van der Waals surface area contributed by atoms with Crippen LogP contribution in [0.5, 0.6) is 0 Å².